The summed E-state index contributed by atoms with van der Waals surface area (Å²) < 4.78 is 28.9. The fourth-order valence-corrected chi connectivity index (χ4v) is 7.18. The molecule has 6 amide bonds. The fraction of sp³-hybridized carbons (Fsp3) is 0.395. The molecule has 0 fully saturated rings. The molecule has 0 saturated carbocycles. The Kier molecular flexibility index (Phi) is 13.0. The van der Waals surface area contributed by atoms with Crippen molar-refractivity contribution in [1.82, 2.24) is 40.6 Å². The highest BCUT2D eigenvalue weighted by molar-refractivity contribution is 7.09. The van der Waals surface area contributed by atoms with Crippen LogP contribution in [0.5, 0.6) is 0 Å². The van der Waals surface area contributed by atoms with Crippen LogP contribution in [0.2, 0.25) is 0 Å². The molecule has 0 aliphatic carbocycles. The van der Waals surface area contributed by atoms with Crippen LogP contribution < -0.4 is 16.0 Å². The Morgan fingerprint density at radius 1 is 0.891 bits per heavy atom. The number of hydrogen-bond donors (Lipinski definition) is 4. The number of likely N-dealkylation sites (N-methyl/N-ethyl adjacent to an activating group) is 2. The maximum atomic E-state index is 14.8. The molecule has 2 aromatic heterocycles. The van der Waals surface area contributed by atoms with Crippen LogP contribution in [-0.2, 0) is 25.6 Å². The van der Waals surface area contributed by atoms with Crippen molar-refractivity contribution in [1.29, 1.82) is 0 Å². The van der Waals surface area contributed by atoms with Crippen LogP contribution in [-0.4, -0.2) is 112 Å². The van der Waals surface area contributed by atoms with E-state index in [2.05, 4.69) is 25.9 Å². The van der Waals surface area contributed by atoms with E-state index >= 15 is 0 Å². The zero-order valence-corrected chi connectivity index (χ0v) is 32.0. The standard InChI is InChI=1S/C38H44F2N8O6S/c1-21(2)15-28-35-45-30(20-55-35)34(51)44-29(16-23-17-41-27-12-7-6-9-24(23)27)38(54)47(5)18-31(49)42-22(3)36(52)46(4)13-14-48(19-32(50)43-28)37(53)25-10-8-11-26(39)33(25)40/h6-12,17,20-22,28-29,41H,13-16,18-19H2,1-5H3,(H,42,49)(H,43,50)(H,44,51)/t22-,28-,29+/m0/s1. The van der Waals surface area contributed by atoms with Gasteiger partial charge in [0.25, 0.3) is 11.8 Å². The Morgan fingerprint density at radius 2 is 1.62 bits per heavy atom. The van der Waals surface area contributed by atoms with Crippen molar-refractivity contribution >= 4 is 57.7 Å². The van der Waals surface area contributed by atoms with Crippen LogP contribution >= 0.6 is 11.3 Å². The van der Waals surface area contributed by atoms with Gasteiger partial charge in [-0.05, 0) is 43.0 Å². The second kappa shape index (κ2) is 17.6. The molecule has 1 aliphatic rings. The average molecular weight is 779 g/mol. The van der Waals surface area contributed by atoms with Crippen LogP contribution in [0, 0.1) is 17.6 Å². The molecule has 0 saturated heterocycles. The minimum Gasteiger partial charge on any atom is -0.361 e. The number of H-pyrrole nitrogens is 1. The molecule has 0 spiro atoms. The van der Waals surface area contributed by atoms with E-state index in [1.807, 2.05) is 38.1 Å². The zero-order valence-electron chi connectivity index (χ0n) is 31.2. The molecule has 5 rings (SSSR count). The highest BCUT2D eigenvalue weighted by Gasteiger charge is 2.31. The van der Waals surface area contributed by atoms with Crippen molar-refractivity contribution in [2.45, 2.75) is 51.7 Å². The monoisotopic (exact) mass is 778 g/mol. The minimum atomic E-state index is -1.38. The topological polar surface area (TPSA) is 177 Å². The number of thiazole rings is 1. The molecule has 2 aromatic carbocycles. The first-order valence-electron chi connectivity index (χ1n) is 17.8. The smallest absolute Gasteiger partial charge is 0.271 e. The van der Waals surface area contributed by atoms with Gasteiger partial charge in [0.15, 0.2) is 11.6 Å². The first-order chi connectivity index (χ1) is 26.1. The number of amides is 6. The van der Waals surface area contributed by atoms with Gasteiger partial charge in [-0.2, -0.15) is 0 Å². The van der Waals surface area contributed by atoms with Gasteiger partial charge in [-0.1, -0.05) is 38.1 Å². The molecule has 17 heteroatoms. The number of nitrogens with one attached hydrogen (secondary N) is 4. The summed E-state index contributed by atoms with van der Waals surface area (Å²) in [5.41, 5.74) is 1.00. The van der Waals surface area contributed by atoms with E-state index in [4.69, 9.17) is 0 Å². The molecule has 55 heavy (non-hydrogen) atoms. The minimum absolute atomic E-state index is 0.000206. The Bertz CT molecular complexity index is 2090. The molecule has 3 atom stereocenters. The highest BCUT2D eigenvalue weighted by atomic mass is 32.1. The van der Waals surface area contributed by atoms with Gasteiger partial charge in [-0.15, -0.1) is 11.3 Å². The Balaban J connectivity index is 1.48. The summed E-state index contributed by atoms with van der Waals surface area (Å²) in [7, 11) is 2.84. The average Bonchev–Trinajstić information content (AvgIpc) is 3.80. The van der Waals surface area contributed by atoms with E-state index in [0.29, 0.717) is 11.4 Å². The van der Waals surface area contributed by atoms with E-state index in [1.165, 1.54) is 37.4 Å². The number of benzene rings is 2. The number of carbonyl (C=O) groups is 6. The molecule has 4 N–H and O–H groups in total. The molecule has 1 aliphatic heterocycles. The van der Waals surface area contributed by atoms with Gasteiger partial charge in [0.2, 0.25) is 23.6 Å². The van der Waals surface area contributed by atoms with E-state index in [9.17, 15) is 37.5 Å². The summed E-state index contributed by atoms with van der Waals surface area (Å²) in [5, 5.41) is 11.0. The lowest BCUT2D eigenvalue weighted by atomic mass is 10.0. The van der Waals surface area contributed by atoms with Crippen LogP contribution in [0.1, 0.15) is 64.7 Å². The van der Waals surface area contributed by atoms with Crippen molar-refractivity contribution in [3.8, 4) is 0 Å². The number of hydrogen-bond acceptors (Lipinski definition) is 8. The number of aromatic nitrogens is 2. The second-order valence-corrected chi connectivity index (χ2v) is 14.9. The lowest BCUT2D eigenvalue weighted by molar-refractivity contribution is -0.138. The maximum absolute atomic E-state index is 14.8. The summed E-state index contributed by atoms with van der Waals surface area (Å²) in [6.07, 6.45) is 2.23. The van der Waals surface area contributed by atoms with Crippen molar-refractivity contribution in [3.05, 3.63) is 87.5 Å². The highest BCUT2D eigenvalue weighted by Crippen LogP contribution is 2.26. The third-order valence-corrected chi connectivity index (χ3v) is 10.1. The molecule has 2 bridgehead atoms. The number of para-hydroxylation sites is 1. The first kappa shape index (κ1) is 40.5. The number of halogens is 2. The number of carbonyl (C=O) groups excluding carboxylic acids is 6. The lowest BCUT2D eigenvalue weighted by Gasteiger charge is -2.28. The number of nitrogens with zero attached hydrogens (tertiary/aromatic N) is 4. The third kappa shape index (κ3) is 9.89. The van der Waals surface area contributed by atoms with Gasteiger partial charge in [-0.25, -0.2) is 13.8 Å². The number of aromatic amines is 1. The Labute approximate surface area is 320 Å². The molecule has 14 nitrogen and oxygen atoms in total. The Hall–Kier alpha value is -5.71. The van der Waals surface area contributed by atoms with Crippen LogP contribution in [0.4, 0.5) is 8.78 Å². The quantitative estimate of drug-likeness (QED) is 0.241. The van der Waals surface area contributed by atoms with Gasteiger partial charge in [0, 0.05) is 56.1 Å². The Morgan fingerprint density at radius 3 is 2.36 bits per heavy atom. The van der Waals surface area contributed by atoms with Crippen LogP contribution in [0.15, 0.2) is 54.0 Å². The maximum Gasteiger partial charge on any atom is 0.271 e. The van der Waals surface area contributed by atoms with Gasteiger partial charge < -0.3 is 35.6 Å². The van der Waals surface area contributed by atoms with Crippen molar-refractivity contribution in [3.63, 3.8) is 0 Å². The summed E-state index contributed by atoms with van der Waals surface area (Å²) in [4.78, 5) is 92.4. The fourth-order valence-electron chi connectivity index (χ4n) is 6.32. The predicted molar refractivity (Wildman–Crippen MR) is 201 cm³/mol. The number of rotatable bonds is 5. The summed E-state index contributed by atoms with van der Waals surface area (Å²) in [6, 6.07) is 7.74. The van der Waals surface area contributed by atoms with E-state index in [0.717, 1.165) is 49.7 Å². The molecular formula is C38H44F2N8O6S. The van der Waals surface area contributed by atoms with E-state index in [1.54, 1.807) is 6.20 Å². The molecule has 4 aromatic rings. The van der Waals surface area contributed by atoms with E-state index < -0.39 is 83.9 Å². The van der Waals surface area contributed by atoms with Crippen LogP contribution in [0.3, 0.4) is 0 Å². The SMILES string of the molecule is CC(C)C[C@@H]1NC(=O)CN(C(=O)c2cccc(F)c2F)CCN(C)C(=O)[C@H](C)NC(=O)CN(C)C(=O)[C@@H](Cc2c[nH]c3ccccc23)NC(=O)c2csc1n2. The molecule has 0 unspecified atom stereocenters. The van der Waals surface area contributed by atoms with Gasteiger partial charge in [0.05, 0.1) is 24.7 Å². The predicted octanol–water partition coefficient (Wildman–Crippen LogP) is 3.02. The summed E-state index contributed by atoms with van der Waals surface area (Å²) in [5.74, 6) is -6.62. The largest absolute Gasteiger partial charge is 0.361 e. The van der Waals surface area contributed by atoms with Gasteiger partial charge in [-0.3, -0.25) is 28.8 Å². The zero-order chi connectivity index (χ0) is 40.0. The van der Waals surface area contributed by atoms with E-state index in [-0.39, 0.29) is 31.1 Å². The summed E-state index contributed by atoms with van der Waals surface area (Å²) >= 11 is 1.12. The molecular weight excluding hydrogens is 735 g/mol. The van der Waals surface area contributed by atoms with Crippen LogP contribution in [0.25, 0.3) is 10.9 Å². The number of fused-ring (bicyclic) bond motifs is 3. The molecule has 0 radical (unpaired) electrons. The van der Waals surface area contributed by atoms with Crippen molar-refractivity contribution < 1.29 is 37.5 Å². The normalized spacial score (nSPS) is 20.0. The first-order valence-corrected chi connectivity index (χ1v) is 18.6. The second-order valence-electron chi connectivity index (χ2n) is 14.0. The molecule has 292 valence electrons. The summed E-state index contributed by atoms with van der Waals surface area (Å²) in [6.45, 7) is 3.90. The van der Waals surface area contributed by atoms with Crippen molar-refractivity contribution in [2.75, 3.05) is 40.3 Å². The van der Waals surface area contributed by atoms with Crippen molar-refractivity contribution in [2.24, 2.45) is 5.92 Å². The van der Waals surface area contributed by atoms with Gasteiger partial charge >= 0.3 is 0 Å². The molecule has 3 heterocycles. The lowest BCUT2D eigenvalue weighted by Crippen LogP contribution is -2.53. The van der Waals surface area contributed by atoms with Gasteiger partial charge in [0.1, 0.15) is 22.8 Å². The third-order valence-electron chi connectivity index (χ3n) is 9.19.